The van der Waals surface area contributed by atoms with E-state index in [9.17, 15) is 8.76 Å². The number of rotatable bonds is 8. The van der Waals surface area contributed by atoms with Crippen LogP contribution in [-0.4, -0.2) is 26.9 Å². The molecule has 0 aromatic rings. The average molecular weight is 207 g/mol. The molecule has 0 aromatic carbocycles. The van der Waals surface area contributed by atoms with Gasteiger partial charge in [0.05, 0.1) is 0 Å². The minimum Gasteiger partial charge on any atom is -0.759 e. The Hall–Kier alpha value is 0.0300. The van der Waals surface area contributed by atoms with Gasteiger partial charge in [0.25, 0.3) is 0 Å². The largest absolute Gasteiger partial charge is 0.759 e. The number of unbranched alkanes of at least 4 members (excludes halogenated alkanes) is 2. The van der Waals surface area contributed by atoms with Crippen molar-refractivity contribution in [3.05, 3.63) is 0 Å². The Morgan fingerprint density at radius 3 is 2.00 bits per heavy atom. The highest BCUT2D eigenvalue weighted by Gasteiger charge is 2.01. The van der Waals surface area contributed by atoms with E-state index in [4.69, 9.17) is 0 Å². The van der Waals surface area contributed by atoms with E-state index in [1.165, 1.54) is 0 Å². The fourth-order valence-electron chi connectivity index (χ4n) is 1.01. The lowest BCUT2D eigenvalue weighted by Crippen LogP contribution is -2.40. The summed E-state index contributed by atoms with van der Waals surface area (Å²) in [5, 5.41) is 1.76. The zero-order valence-electron chi connectivity index (χ0n) is 8.41. The van der Waals surface area contributed by atoms with Crippen molar-refractivity contribution in [3.63, 3.8) is 0 Å². The van der Waals surface area contributed by atoms with E-state index >= 15 is 0 Å². The van der Waals surface area contributed by atoms with Crippen LogP contribution in [0.15, 0.2) is 0 Å². The summed E-state index contributed by atoms with van der Waals surface area (Å²) in [6.07, 6.45) is 4.20. The molecule has 0 rings (SSSR count). The van der Waals surface area contributed by atoms with Gasteiger partial charge in [0, 0.05) is 24.4 Å². The molecule has 0 radical (unpaired) electrons. The van der Waals surface area contributed by atoms with Crippen molar-refractivity contribution in [2.24, 2.45) is 0 Å². The Morgan fingerprint density at radius 2 is 1.69 bits per heavy atom. The van der Waals surface area contributed by atoms with Gasteiger partial charge >= 0.3 is 0 Å². The van der Waals surface area contributed by atoms with E-state index < -0.39 is 11.3 Å². The third-order valence-electron chi connectivity index (χ3n) is 1.77. The fourth-order valence-corrected chi connectivity index (χ4v) is 1.40. The molecule has 0 aromatic heterocycles. The molecule has 0 saturated carbocycles. The van der Waals surface area contributed by atoms with Gasteiger partial charge in [-0.15, -0.1) is 0 Å². The maximum absolute atomic E-state index is 10.4. The normalized spacial score (nSPS) is 13.5. The average Bonchev–Trinajstić information content (AvgIpc) is 2.09. The minimum atomic E-state index is -2.18. The fraction of sp³-hybridized carbons (Fsp3) is 1.00. The monoisotopic (exact) mass is 207 g/mol. The van der Waals surface area contributed by atoms with Crippen LogP contribution in [0.2, 0.25) is 0 Å². The lowest BCUT2D eigenvalue weighted by Gasteiger charge is -2.23. The van der Waals surface area contributed by atoms with Crippen LogP contribution in [-0.2, 0) is 11.3 Å². The third-order valence-corrected chi connectivity index (χ3v) is 2.17. The predicted molar refractivity (Wildman–Crippen MR) is 53.4 cm³/mol. The molecule has 1 unspecified atom stereocenters. The second kappa shape index (κ2) is 8.62. The Morgan fingerprint density at radius 1 is 1.23 bits per heavy atom. The topological polar surface area (TPSA) is 55.4 Å². The van der Waals surface area contributed by atoms with E-state index in [0.29, 0.717) is 0 Å². The molecule has 80 valence electrons. The second-order valence-corrected chi connectivity index (χ2v) is 3.67. The van der Waals surface area contributed by atoms with Gasteiger partial charge in [0.15, 0.2) is 0 Å². The number of hydrogen-bond acceptors (Lipinski definition) is 3. The second-order valence-electron chi connectivity index (χ2n) is 3.02. The molecule has 4 nitrogen and oxygen atoms in total. The van der Waals surface area contributed by atoms with Crippen LogP contribution in [0, 0.1) is 0 Å². The van der Waals surface area contributed by atoms with Gasteiger partial charge in [-0.25, -0.2) is 5.01 Å². The molecular weight excluding hydrogens is 188 g/mol. The lowest BCUT2D eigenvalue weighted by molar-refractivity contribution is 0.230. The van der Waals surface area contributed by atoms with Crippen molar-refractivity contribution in [1.29, 1.82) is 0 Å². The predicted octanol–water partition coefficient (Wildman–Crippen LogP) is 1.19. The van der Waals surface area contributed by atoms with Crippen molar-refractivity contribution in [2.45, 2.75) is 39.5 Å². The molecule has 0 fully saturated rings. The Bertz CT molecular complexity index is 136. The highest BCUT2D eigenvalue weighted by atomic mass is 32.2. The number of hydrogen-bond donors (Lipinski definition) is 1. The van der Waals surface area contributed by atoms with Crippen molar-refractivity contribution < 1.29 is 8.76 Å². The Labute approximate surface area is 83.1 Å². The van der Waals surface area contributed by atoms with Crippen LogP contribution in [0.1, 0.15) is 39.5 Å². The standard InChI is InChI=1S/C8H20N2O2S/c1-3-5-7-10(8-6-4-2)9-13(11)12/h9H,3-8H2,1-2H3,(H,11,12)/p-1. The van der Waals surface area contributed by atoms with Crippen LogP contribution in [0.25, 0.3) is 0 Å². The van der Waals surface area contributed by atoms with E-state index in [0.717, 1.165) is 38.8 Å². The van der Waals surface area contributed by atoms with Crippen molar-refractivity contribution in [3.8, 4) is 0 Å². The zero-order valence-corrected chi connectivity index (χ0v) is 9.23. The molecule has 0 aliphatic heterocycles. The molecule has 13 heavy (non-hydrogen) atoms. The smallest absolute Gasteiger partial charge is 0.0326 e. The summed E-state index contributed by atoms with van der Waals surface area (Å²) in [5.74, 6) is 0. The molecule has 1 atom stereocenters. The highest BCUT2D eigenvalue weighted by molar-refractivity contribution is 7.76. The molecular formula is C8H19N2O2S-. The summed E-state index contributed by atoms with van der Waals surface area (Å²) >= 11 is -2.18. The van der Waals surface area contributed by atoms with Crippen LogP contribution in [0.5, 0.6) is 0 Å². The molecule has 0 heterocycles. The van der Waals surface area contributed by atoms with Crippen molar-refractivity contribution >= 4 is 11.3 Å². The molecule has 5 heteroatoms. The van der Waals surface area contributed by atoms with E-state index in [2.05, 4.69) is 18.7 Å². The molecule has 0 bridgehead atoms. The Kier molecular flexibility index (Phi) is 8.64. The molecule has 0 aliphatic carbocycles. The van der Waals surface area contributed by atoms with Crippen molar-refractivity contribution in [2.75, 3.05) is 13.1 Å². The van der Waals surface area contributed by atoms with E-state index in [-0.39, 0.29) is 0 Å². The molecule has 0 spiro atoms. The summed E-state index contributed by atoms with van der Waals surface area (Å²) in [5.41, 5.74) is 0. The van der Waals surface area contributed by atoms with Gasteiger partial charge in [-0.05, 0) is 12.8 Å². The Balaban J connectivity index is 3.66. The van der Waals surface area contributed by atoms with Gasteiger partial charge in [0.1, 0.15) is 0 Å². The first-order chi connectivity index (χ1) is 6.20. The lowest BCUT2D eigenvalue weighted by atomic mass is 10.3. The minimum absolute atomic E-state index is 0.796. The summed E-state index contributed by atoms with van der Waals surface area (Å²) in [6.45, 7) is 5.77. The first kappa shape index (κ1) is 13.0. The number of nitrogens with one attached hydrogen (secondary N) is 1. The SMILES string of the molecule is CCCCN(CCCC)NS(=O)[O-]. The van der Waals surface area contributed by atoms with Gasteiger partial charge < -0.3 is 4.55 Å². The maximum Gasteiger partial charge on any atom is 0.0326 e. The number of nitrogens with zero attached hydrogens (tertiary/aromatic N) is 1. The number of hydrazine groups is 1. The first-order valence-corrected chi connectivity index (χ1v) is 5.88. The van der Waals surface area contributed by atoms with Gasteiger partial charge in [0.2, 0.25) is 0 Å². The zero-order chi connectivity index (χ0) is 10.1. The quantitative estimate of drug-likeness (QED) is 0.480. The summed E-state index contributed by atoms with van der Waals surface area (Å²) in [6, 6.07) is 0. The van der Waals surface area contributed by atoms with Crippen LogP contribution in [0.3, 0.4) is 0 Å². The van der Waals surface area contributed by atoms with Gasteiger partial charge in [-0.1, -0.05) is 26.7 Å². The highest BCUT2D eigenvalue weighted by Crippen LogP contribution is 1.95. The molecule has 0 saturated heterocycles. The summed E-state index contributed by atoms with van der Waals surface area (Å²) in [4.78, 5) is 2.40. The summed E-state index contributed by atoms with van der Waals surface area (Å²) in [7, 11) is 0. The first-order valence-electron chi connectivity index (χ1n) is 4.81. The van der Waals surface area contributed by atoms with E-state index in [1.54, 1.807) is 5.01 Å². The third kappa shape index (κ3) is 8.36. The van der Waals surface area contributed by atoms with Crippen LogP contribution >= 0.6 is 0 Å². The summed E-state index contributed by atoms with van der Waals surface area (Å²) < 4.78 is 20.8. The van der Waals surface area contributed by atoms with Crippen LogP contribution in [0.4, 0.5) is 0 Å². The maximum atomic E-state index is 10.4. The van der Waals surface area contributed by atoms with E-state index in [1.807, 2.05) is 0 Å². The van der Waals surface area contributed by atoms with Gasteiger partial charge in [-0.3, -0.25) is 4.21 Å². The molecule has 1 N–H and O–H groups in total. The van der Waals surface area contributed by atoms with Crippen molar-refractivity contribution in [1.82, 2.24) is 9.84 Å². The molecule has 0 aliphatic rings. The van der Waals surface area contributed by atoms with Gasteiger partial charge in [-0.2, -0.15) is 4.83 Å². The van der Waals surface area contributed by atoms with Crippen LogP contribution < -0.4 is 4.83 Å². The molecule has 0 amide bonds.